The van der Waals surface area contributed by atoms with Crippen LogP contribution in [-0.2, 0) is 11.3 Å². The first-order chi connectivity index (χ1) is 12.2. The Morgan fingerprint density at radius 1 is 1.40 bits per heavy atom. The maximum atomic E-state index is 12.5. The van der Waals surface area contributed by atoms with Crippen LogP contribution in [-0.4, -0.2) is 49.3 Å². The zero-order valence-corrected chi connectivity index (χ0v) is 14.6. The number of nitrogens with zero attached hydrogens (tertiary/aromatic N) is 3. The van der Waals surface area contributed by atoms with Crippen molar-refractivity contribution in [1.82, 2.24) is 15.3 Å². The van der Waals surface area contributed by atoms with E-state index in [1.165, 1.54) is 6.20 Å². The standard InChI is InChI=1S/C17H19ClN4O3/c1-24-13-4-2-3-12(9-13)10-19-16(23)15-14(18)11-20-17(21-15)22-5-7-25-8-6-22/h2-4,9,11H,5-8,10H2,1H3,(H,19,23). The van der Waals surface area contributed by atoms with E-state index in [2.05, 4.69) is 15.3 Å². The van der Waals surface area contributed by atoms with Crippen LogP contribution >= 0.6 is 11.6 Å². The molecule has 132 valence electrons. The second-order valence-corrected chi connectivity index (χ2v) is 5.91. The fraction of sp³-hybridized carbons (Fsp3) is 0.353. The topological polar surface area (TPSA) is 76.6 Å². The maximum Gasteiger partial charge on any atom is 0.271 e. The van der Waals surface area contributed by atoms with Gasteiger partial charge in [0.05, 0.1) is 31.5 Å². The second-order valence-electron chi connectivity index (χ2n) is 5.50. The van der Waals surface area contributed by atoms with Crippen LogP contribution in [0.15, 0.2) is 30.5 Å². The Morgan fingerprint density at radius 3 is 2.96 bits per heavy atom. The van der Waals surface area contributed by atoms with Gasteiger partial charge < -0.3 is 19.7 Å². The molecule has 0 saturated carbocycles. The van der Waals surface area contributed by atoms with E-state index < -0.39 is 0 Å². The summed E-state index contributed by atoms with van der Waals surface area (Å²) in [6, 6.07) is 7.49. The number of morpholine rings is 1. The molecule has 1 aromatic heterocycles. The van der Waals surface area contributed by atoms with Crippen molar-refractivity contribution in [3.8, 4) is 5.75 Å². The summed E-state index contributed by atoms with van der Waals surface area (Å²) in [7, 11) is 1.60. The molecule has 8 heteroatoms. The zero-order chi connectivity index (χ0) is 17.6. The van der Waals surface area contributed by atoms with Crippen LogP contribution in [0.25, 0.3) is 0 Å². The average Bonchev–Trinajstić information content (AvgIpc) is 2.67. The van der Waals surface area contributed by atoms with Gasteiger partial charge in [-0.2, -0.15) is 0 Å². The minimum atomic E-state index is -0.343. The first kappa shape index (κ1) is 17.4. The van der Waals surface area contributed by atoms with Crippen LogP contribution in [0.4, 0.5) is 5.95 Å². The Bertz CT molecular complexity index is 750. The van der Waals surface area contributed by atoms with Crippen molar-refractivity contribution in [2.45, 2.75) is 6.54 Å². The summed E-state index contributed by atoms with van der Waals surface area (Å²) in [6.45, 7) is 2.95. The average molecular weight is 363 g/mol. The van der Waals surface area contributed by atoms with Crippen molar-refractivity contribution in [3.63, 3.8) is 0 Å². The third-order valence-corrected chi connectivity index (χ3v) is 4.10. The molecule has 0 aliphatic carbocycles. The van der Waals surface area contributed by atoms with E-state index in [0.29, 0.717) is 38.8 Å². The van der Waals surface area contributed by atoms with Crippen LogP contribution in [0.2, 0.25) is 5.02 Å². The van der Waals surface area contributed by atoms with E-state index >= 15 is 0 Å². The van der Waals surface area contributed by atoms with Gasteiger partial charge in [-0.1, -0.05) is 23.7 Å². The molecular formula is C17H19ClN4O3. The number of halogens is 1. The Hall–Kier alpha value is -2.38. The minimum absolute atomic E-state index is 0.168. The number of nitrogens with one attached hydrogen (secondary N) is 1. The van der Waals surface area contributed by atoms with Gasteiger partial charge in [-0.25, -0.2) is 9.97 Å². The Kier molecular flexibility index (Phi) is 5.67. The molecule has 0 unspecified atom stereocenters. The largest absolute Gasteiger partial charge is 0.497 e. The molecule has 7 nitrogen and oxygen atoms in total. The lowest BCUT2D eigenvalue weighted by Crippen LogP contribution is -2.37. The van der Waals surface area contributed by atoms with Crippen LogP contribution in [0.5, 0.6) is 5.75 Å². The summed E-state index contributed by atoms with van der Waals surface area (Å²) in [5.41, 5.74) is 1.09. The van der Waals surface area contributed by atoms with E-state index in [0.717, 1.165) is 11.3 Å². The maximum absolute atomic E-state index is 12.5. The van der Waals surface area contributed by atoms with Crippen LogP contribution in [0.3, 0.4) is 0 Å². The Balaban J connectivity index is 1.70. The van der Waals surface area contributed by atoms with Crippen LogP contribution < -0.4 is 15.0 Å². The quantitative estimate of drug-likeness (QED) is 0.875. The molecule has 0 radical (unpaired) electrons. The van der Waals surface area contributed by atoms with Gasteiger partial charge in [-0.3, -0.25) is 4.79 Å². The van der Waals surface area contributed by atoms with Crippen LogP contribution in [0.1, 0.15) is 16.1 Å². The predicted molar refractivity (Wildman–Crippen MR) is 94.2 cm³/mol. The molecule has 1 aliphatic heterocycles. The smallest absolute Gasteiger partial charge is 0.271 e. The molecule has 0 atom stereocenters. The van der Waals surface area contributed by atoms with E-state index in [1.807, 2.05) is 29.2 Å². The number of hydrogen-bond donors (Lipinski definition) is 1. The van der Waals surface area contributed by atoms with Gasteiger partial charge in [0.2, 0.25) is 5.95 Å². The van der Waals surface area contributed by atoms with Gasteiger partial charge in [0.25, 0.3) is 5.91 Å². The lowest BCUT2D eigenvalue weighted by Gasteiger charge is -2.26. The molecule has 25 heavy (non-hydrogen) atoms. The van der Waals surface area contributed by atoms with E-state index in [-0.39, 0.29) is 16.6 Å². The summed E-state index contributed by atoms with van der Waals surface area (Å²) in [5, 5.41) is 3.05. The first-order valence-corrected chi connectivity index (χ1v) is 8.31. The molecule has 1 fully saturated rings. The number of amides is 1. The highest BCUT2D eigenvalue weighted by Gasteiger charge is 2.19. The number of carbonyl (C=O) groups is 1. The molecule has 2 heterocycles. The second kappa shape index (κ2) is 8.13. The number of carbonyl (C=O) groups excluding carboxylic acids is 1. The summed E-state index contributed by atoms with van der Waals surface area (Å²) in [6.07, 6.45) is 1.46. The molecule has 1 aliphatic rings. The fourth-order valence-corrected chi connectivity index (χ4v) is 2.66. The zero-order valence-electron chi connectivity index (χ0n) is 13.9. The number of anilines is 1. The van der Waals surface area contributed by atoms with Crippen molar-refractivity contribution in [1.29, 1.82) is 0 Å². The number of rotatable bonds is 5. The van der Waals surface area contributed by atoms with E-state index in [4.69, 9.17) is 21.1 Å². The number of aromatic nitrogens is 2. The lowest BCUT2D eigenvalue weighted by molar-refractivity contribution is 0.0945. The van der Waals surface area contributed by atoms with E-state index in [9.17, 15) is 4.79 Å². The molecule has 0 bridgehead atoms. The van der Waals surface area contributed by atoms with Gasteiger partial charge in [-0.15, -0.1) is 0 Å². The minimum Gasteiger partial charge on any atom is -0.497 e. The SMILES string of the molecule is COc1cccc(CNC(=O)c2nc(N3CCOCC3)ncc2Cl)c1. The van der Waals surface area contributed by atoms with Gasteiger partial charge >= 0.3 is 0 Å². The van der Waals surface area contributed by atoms with Gasteiger partial charge in [0.1, 0.15) is 5.75 Å². The number of ether oxygens (including phenoxy) is 2. The summed E-state index contributed by atoms with van der Waals surface area (Å²) in [5.74, 6) is 0.880. The number of hydrogen-bond acceptors (Lipinski definition) is 6. The summed E-state index contributed by atoms with van der Waals surface area (Å²) < 4.78 is 10.5. The van der Waals surface area contributed by atoms with Gasteiger partial charge in [0, 0.05) is 19.6 Å². The number of methoxy groups -OCH3 is 1. The fourth-order valence-electron chi connectivity index (χ4n) is 2.48. The molecule has 1 N–H and O–H groups in total. The molecule has 1 saturated heterocycles. The van der Waals surface area contributed by atoms with Crippen LogP contribution in [0, 0.1) is 0 Å². The normalized spacial score (nSPS) is 14.2. The first-order valence-electron chi connectivity index (χ1n) is 7.94. The van der Waals surface area contributed by atoms with Crippen molar-refractivity contribution in [3.05, 3.63) is 46.7 Å². The highest BCUT2D eigenvalue weighted by atomic mass is 35.5. The Morgan fingerprint density at radius 2 is 2.20 bits per heavy atom. The predicted octanol–water partition coefficient (Wildman–Crippen LogP) is 1.91. The highest BCUT2D eigenvalue weighted by Crippen LogP contribution is 2.18. The molecule has 2 aromatic rings. The molecule has 0 spiro atoms. The molecular weight excluding hydrogens is 344 g/mol. The highest BCUT2D eigenvalue weighted by molar-refractivity contribution is 6.33. The van der Waals surface area contributed by atoms with Crippen molar-refractivity contribution in [2.75, 3.05) is 38.3 Å². The Labute approximate surface area is 150 Å². The number of benzene rings is 1. The van der Waals surface area contributed by atoms with Gasteiger partial charge in [-0.05, 0) is 17.7 Å². The van der Waals surface area contributed by atoms with Crippen molar-refractivity contribution >= 4 is 23.5 Å². The van der Waals surface area contributed by atoms with Crippen molar-refractivity contribution < 1.29 is 14.3 Å². The lowest BCUT2D eigenvalue weighted by atomic mass is 10.2. The monoisotopic (exact) mass is 362 g/mol. The summed E-state index contributed by atoms with van der Waals surface area (Å²) >= 11 is 6.11. The molecule has 1 aromatic carbocycles. The van der Waals surface area contributed by atoms with Crippen molar-refractivity contribution in [2.24, 2.45) is 0 Å². The third kappa shape index (κ3) is 4.37. The summed E-state index contributed by atoms with van der Waals surface area (Å²) in [4.78, 5) is 23.0. The van der Waals surface area contributed by atoms with Gasteiger partial charge in [0.15, 0.2) is 5.69 Å². The molecule has 1 amide bonds. The third-order valence-electron chi connectivity index (χ3n) is 3.83. The molecule has 3 rings (SSSR count). The van der Waals surface area contributed by atoms with E-state index in [1.54, 1.807) is 7.11 Å².